The number of nitrogens with one attached hydrogen (secondary N) is 1. The Hall–Kier alpha value is -2.58. The summed E-state index contributed by atoms with van der Waals surface area (Å²) in [6.45, 7) is -0.386. The summed E-state index contributed by atoms with van der Waals surface area (Å²) in [4.78, 5) is 11.9. The summed E-state index contributed by atoms with van der Waals surface area (Å²) in [7, 11) is 0. The van der Waals surface area contributed by atoms with E-state index < -0.39 is 40.8 Å². The molecule has 2 aromatic rings. The van der Waals surface area contributed by atoms with Crippen molar-refractivity contribution in [3.63, 3.8) is 0 Å². The number of alkyl halides is 6. The van der Waals surface area contributed by atoms with E-state index in [1.807, 2.05) is 0 Å². The van der Waals surface area contributed by atoms with E-state index in [1.165, 1.54) is 18.2 Å². The summed E-state index contributed by atoms with van der Waals surface area (Å²) in [5.74, 6) is -1.84. The molecule has 0 unspecified atom stereocenters. The average Bonchev–Trinajstić information content (AvgIpc) is 2.51. The van der Waals surface area contributed by atoms with Crippen molar-refractivity contribution in [1.29, 1.82) is 0 Å². The second kappa shape index (κ2) is 6.73. The van der Waals surface area contributed by atoms with Gasteiger partial charge in [0, 0.05) is 17.7 Å². The SMILES string of the molecule is O=C(NCc1ccccc1F)c1cc(C(F)(F)F)cc(C(F)(F)F)c1. The Morgan fingerprint density at radius 3 is 1.88 bits per heavy atom. The van der Waals surface area contributed by atoms with Gasteiger partial charge in [0.1, 0.15) is 5.82 Å². The molecule has 25 heavy (non-hydrogen) atoms. The highest BCUT2D eigenvalue weighted by Gasteiger charge is 2.37. The zero-order valence-corrected chi connectivity index (χ0v) is 12.3. The number of carbonyl (C=O) groups excluding carboxylic acids is 1. The molecule has 9 heteroatoms. The highest BCUT2D eigenvalue weighted by atomic mass is 19.4. The van der Waals surface area contributed by atoms with Gasteiger partial charge in [-0.1, -0.05) is 18.2 Å². The number of amides is 1. The van der Waals surface area contributed by atoms with Crippen molar-refractivity contribution in [3.05, 3.63) is 70.5 Å². The van der Waals surface area contributed by atoms with E-state index in [0.717, 1.165) is 6.07 Å². The number of halogens is 7. The van der Waals surface area contributed by atoms with Gasteiger partial charge in [-0.25, -0.2) is 4.39 Å². The van der Waals surface area contributed by atoms with E-state index in [0.29, 0.717) is 12.1 Å². The molecule has 2 nitrogen and oxygen atoms in total. The average molecular weight is 365 g/mol. The highest BCUT2D eigenvalue weighted by Crippen LogP contribution is 2.36. The Bertz CT molecular complexity index is 749. The van der Waals surface area contributed by atoms with Crippen LogP contribution in [0, 0.1) is 5.82 Å². The second-order valence-corrected chi connectivity index (χ2v) is 5.07. The molecule has 1 N–H and O–H groups in total. The van der Waals surface area contributed by atoms with E-state index in [4.69, 9.17) is 0 Å². The summed E-state index contributed by atoms with van der Waals surface area (Å²) in [6.07, 6.45) is -10.1. The first kappa shape index (κ1) is 18.8. The minimum atomic E-state index is -5.05. The maximum Gasteiger partial charge on any atom is 0.416 e. The van der Waals surface area contributed by atoms with Crippen LogP contribution in [0.25, 0.3) is 0 Å². The van der Waals surface area contributed by atoms with Gasteiger partial charge in [0.2, 0.25) is 0 Å². The lowest BCUT2D eigenvalue weighted by Crippen LogP contribution is -2.24. The fraction of sp³-hybridized carbons (Fsp3) is 0.188. The molecule has 0 heterocycles. The second-order valence-electron chi connectivity index (χ2n) is 5.07. The van der Waals surface area contributed by atoms with Gasteiger partial charge in [0.25, 0.3) is 5.91 Å². The Balaban J connectivity index is 2.31. The van der Waals surface area contributed by atoms with Gasteiger partial charge in [-0.2, -0.15) is 26.3 Å². The van der Waals surface area contributed by atoms with E-state index >= 15 is 0 Å². The number of rotatable bonds is 3. The van der Waals surface area contributed by atoms with Crippen LogP contribution in [-0.4, -0.2) is 5.91 Å². The molecule has 0 atom stereocenters. The molecule has 0 fully saturated rings. The molecule has 2 aromatic carbocycles. The smallest absolute Gasteiger partial charge is 0.348 e. The molecule has 0 bridgehead atoms. The lowest BCUT2D eigenvalue weighted by atomic mass is 10.0. The first-order valence-electron chi connectivity index (χ1n) is 6.79. The minimum absolute atomic E-state index is 0.0406. The zero-order valence-electron chi connectivity index (χ0n) is 12.3. The van der Waals surface area contributed by atoms with Crippen LogP contribution >= 0.6 is 0 Å². The molecular weight excluding hydrogens is 355 g/mol. The topological polar surface area (TPSA) is 29.1 Å². The third kappa shape index (κ3) is 4.71. The molecule has 0 aliphatic rings. The summed E-state index contributed by atoms with van der Waals surface area (Å²) in [5.41, 5.74) is -3.98. The number of benzene rings is 2. The lowest BCUT2D eigenvalue weighted by Gasteiger charge is -2.14. The molecule has 2 rings (SSSR count). The maximum atomic E-state index is 13.4. The summed E-state index contributed by atoms with van der Waals surface area (Å²) < 4.78 is 90.0. The van der Waals surface area contributed by atoms with E-state index in [2.05, 4.69) is 5.32 Å². The van der Waals surface area contributed by atoms with Crippen LogP contribution in [-0.2, 0) is 18.9 Å². The van der Waals surface area contributed by atoms with Crippen LogP contribution in [0.5, 0.6) is 0 Å². The maximum absolute atomic E-state index is 13.4. The monoisotopic (exact) mass is 365 g/mol. The van der Waals surface area contributed by atoms with Crippen molar-refractivity contribution in [2.24, 2.45) is 0 Å². The van der Waals surface area contributed by atoms with E-state index in [1.54, 1.807) is 0 Å². The Morgan fingerprint density at radius 1 is 0.880 bits per heavy atom. The number of hydrogen-bond donors (Lipinski definition) is 1. The molecule has 0 spiro atoms. The molecule has 0 aliphatic heterocycles. The molecule has 0 saturated carbocycles. The van der Waals surface area contributed by atoms with Crippen molar-refractivity contribution in [1.82, 2.24) is 5.32 Å². The van der Waals surface area contributed by atoms with E-state index in [9.17, 15) is 35.5 Å². The van der Waals surface area contributed by atoms with Crippen molar-refractivity contribution < 1.29 is 35.5 Å². The van der Waals surface area contributed by atoms with Gasteiger partial charge < -0.3 is 5.32 Å². The third-order valence-corrected chi connectivity index (χ3v) is 3.25. The fourth-order valence-electron chi connectivity index (χ4n) is 2.01. The van der Waals surface area contributed by atoms with E-state index in [-0.39, 0.29) is 18.2 Å². The van der Waals surface area contributed by atoms with Gasteiger partial charge in [-0.05, 0) is 24.3 Å². The molecule has 0 aromatic heterocycles. The van der Waals surface area contributed by atoms with Crippen molar-refractivity contribution in [2.75, 3.05) is 0 Å². The van der Waals surface area contributed by atoms with Crippen LogP contribution in [0.3, 0.4) is 0 Å². The fourth-order valence-corrected chi connectivity index (χ4v) is 2.01. The number of hydrogen-bond acceptors (Lipinski definition) is 1. The molecule has 0 radical (unpaired) electrons. The molecule has 134 valence electrons. The summed E-state index contributed by atoms with van der Waals surface area (Å²) in [5, 5.41) is 2.10. The zero-order chi connectivity index (χ0) is 18.8. The molecule has 1 amide bonds. The van der Waals surface area contributed by atoms with Crippen LogP contribution in [0.1, 0.15) is 27.0 Å². The third-order valence-electron chi connectivity index (χ3n) is 3.25. The van der Waals surface area contributed by atoms with Crippen LogP contribution in [0.2, 0.25) is 0 Å². The molecule has 0 aliphatic carbocycles. The van der Waals surface area contributed by atoms with Crippen molar-refractivity contribution >= 4 is 5.91 Å². The van der Waals surface area contributed by atoms with Gasteiger partial charge in [-0.15, -0.1) is 0 Å². The van der Waals surface area contributed by atoms with Crippen LogP contribution in [0.4, 0.5) is 30.7 Å². The quantitative estimate of drug-likeness (QED) is 0.779. The largest absolute Gasteiger partial charge is 0.416 e. The normalized spacial score (nSPS) is 12.1. The lowest BCUT2D eigenvalue weighted by molar-refractivity contribution is -0.143. The van der Waals surface area contributed by atoms with Crippen molar-refractivity contribution in [3.8, 4) is 0 Å². The van der Waals surface area contributed by atoms with Gasteiger partial charge in [-0.3, -0.25) is 4.79 Å². The molecule has 0 saturated heterocycles. The predicted octanol–water partition coefficient (Wildman–Crippen LogP) is 4.79. The highest BCUT2D eigenvalue weighted by molar-refractivity contribution is 5.94. The van der Waals surface area contributed by atoms with Gasteiger partial charge in [0.15, 0.2) is 0 Å². The molecular formula is C16H10F7NO. The number of carbonyl (C=O) groups is 1. The minimum Gasteiger partial charge on any atom is -0.348 e. The predicted molar refractivity (Wildman–Crippen MR) is 74.0 cm³/mol. The Kier molecular flexibility index (Phi) is 5.05. The standard InChI is InChI=1S/C16H10F7NO/c17-13-4-2-1-3-9(13)8-24-14(25)10-5-11(15(18,19)20)7-12(6-10)16(21,22)23/h1-7H,8H2,(H,24,25). The van der Waals surface area contributed by atoms with Crippen LogP contribution in [0.15, 0.2) is 42.5 Å². The first-order valence-corrected chi connectivity index (χ1v) is 6.79. The van der Waals surface area contributed by atoms with Crippen LogP contribution < -0.4 is 5.32 Å². The van der Waals surface area contributed by atoms with Gasteiger partial charge >= 0.3 is 12.4 Å². The summed E-state index contributed by atoms with van der Waals surface area (Å²) in [6, 6.07) is 5.83. The Labute approximate surface area is 137 Å². The van der Waals surface area contributed by atoms with Crippen molar-refractivity contribution in [2.45, 2.75) is 18.9 Å². The van der Waals surface area contributed by atoms with Gasteiger partial charge in [0.05, 0.1) is 11.1 Å². The first-order chi connectivity index (χ1) is 11.5. The Morgan fingerprint density at radius 2 is 1.40 bits per heavy atom. The summed E-state index contributed by atoms with van der Waals surface area (Å²) >= 11 is 0.